The van der Waals surface area contributed by atoms with Crippen molar-refractivity contribution in [2.24, 2.45) is 5.73 Å². The lowest BCUT2D eigenvalue weighted by molar-refractivity contribution is -0.140. The van der Waals surface area contributed by atoms with Crippen molar-refractivity contribution in [1.82, 2.24) is 0 Å². The summed E-state index contributed by atoms with van der Waals surface area (Å²) in [6.07, 6.45) is -4.74. The van der Waals surface area contributed by atoms with E-state index >= 15 is 0 Å². The Bertz CT molecular complexity index is 414. The summed E-state index contributed by atoms with van der Waals surface area (Å²) in [6.45, 7) is 3.70. The minimum Gasteiger partial charge on any atom is -0.489 e. The molecule has 94 valence electrons. The van der Waals surface area contributed by atoms with Gasteiger partial charge in [0.1, 0.15) is 18.2 Å². The molecule has 0 atom stereocenters. The molecule has 0 spiro atoms. The summed E-state index contributed by atoms with van der Waals surface area (Å²) in [7, 11) is 0. The number of hydrogen-bond acceptors (Lipinski definition) is 2. The molecular weight excluding hydrogens is 238 g/mol. The van der Waals surface area contributed by atoms with E-state index in [-0.39, 0.29) is 18.9 Å². The summed E-state index contributed by atoms with van der Waals surface area (Å²) in [5, 5.41) is 0. The highest BCUT2D eigenvalue weighted by Crippen LogP contribution is 2.33. The summed E-state index contributed by atoms with van der Waals surface area (Å²) in [4.78, 5) is 0. The predicted octanol–water partition coefficient (Wildman–Crippen LogP) is 2.74. The molecule has 0 heterocycles. The summed E-state index contributed by atoms with van der Waals surface area (Å²) in [6, 6.07) is 2.44. The van der Waals surface area contributed by atoms with Gasteiger partial charge in [-0.05, 0) is 23.8 Å². The number of halogens is 4. The van der Waals surface area contributed by atoms with Gasteiger partial charge in [-0.2, -0.15) is 13.2 Å². The fourth-order valence-corrected chi connectivity index (χ4v) is 1.06. The maximum Gasteiger partial charge on any atom is 0.419 e. The van der Waals surface area contributed by atoms with E-state index in [1.54, 1.807) is 0 Å². The van der Waals surface area contributed by atoms with Crippen LogP contribution in [0.15, 0.2) is 30.4 Å². The van der Waals surface area contributed by atoms with E-state index in [4.69, 9.17) is 10.5 Å². The van der Waals surface area contributed by atoms with Gasteiger partial charge in [-0.25, -0.2) is 4.39 Å². The van der Waals surface area contributed by atoms with Crippen LogP contribution in [0.5, 0.6) is 5.75 Å². The average molecular weight is 249 g/mol. The van der Waals surface area contributed by atoms with Crippen LogP contribution >= 0.6 is 0 Å². The summed E-state index contributed by atoms with van der Waals surface area (Å²) in [5.74, 6) is -1.41. The third-order valence-corrected chi connectivity index (χ3v) is 1.97. The number of hydrogen-bond donors (Lipinski definition) is 1. The first-order valence-corrected chi connectivity index (χ1v) is 4.71. The van der Waals surface area contributed by atoms with E-state index in [1.165, 1.54) is 0 Å². The van der Waals surface area contributed by atoms with Gasteiger partial charge in [0.25, 0.3) is 0 Å². The molecule has 0 radical (unpaired) electrons. The molecule has 6 heteroatoms. The largest absolute Gasteiger partial charge is 0.489 e. The summed E-state index contributed by atoms with van der Waals surface area (Å²) >= 11 is 0. The van der Waals surface area contributed by atoms with Gasteiger partial charge in [0, 0.05) is 6.54 Å². The van der Waals surface area contributed by atoms with Gasteiger partial charge in [0.05, 0.1) is 5.56 Å². The number of benzene rings is 1. The SMILES string of the molecule is C=C(CN)COc1ccc(F)c(C(F)(F)F)c1. The number of ether oxygens (including phenoxy) is 1. The molecule has 1 rings (SSSR count). The Balaban J connectivity index is 2.86. The average Bonchev–Trinajstić information content (AvgIpc) is 2.26. The molecule has 2 N–H and O–H groups in total. The Morgan fingerprint density at radius 2 is 2.00 bits per heavy atom. The molecule has 0 amide bonds. The van der Waals surface area contributed by atoms with Crippen molar-refractivity contribution in [1.29, 1.82) is 0 Å². The molecule has 0 unspecified atom stereocenters. The lowest BCUT2D eigenvalue weighted by Gasteiger charge is -2.11. The highest BCUT2D eigenvalue weighted by Gasteiger charge is 2.34. The molecule has 0 aromatic heterocycles. The van der Waals surface area contributed by atoms with Gasteiger partial charge < -0.3 is 10.5 Å². The molecule has 0 saturated carbocycles. The van der Waals surface area contributed by atoms with Crippen molar-refractivity contribution >= 4 is 0 Å². The van der Waals surface area contributed by atoms with E-state index in [9.17, 15) is 17.6 Å². The van der Waals surface area contributed by atoms with E-state index in [0.29, 0.717) is 17.7 Å². The molecule has 1 aromatic carbocycles. The van der Waals surface area contributed by atoms with E-state index in [1.807, 2.05) is 0 Å². The number of nitrogens with two attached hydrogens (primary N) is 1. The van der Waals surface area contributed by atoms with Crippen LogP contribution in [0.4, 0.5) is 17.6 Å². The van der Waals surface area contributed by atoms with E-state index in [0.717, 1.165) is 6.07 Å². The summed E-state index contributed by atoms with van der Waals surface area (Å²) < 4.78 is 55.0. The summed E-state index contributed by atoms with van der Waals surface area (Å²) in [5.41, 5.74) is 4.42. The van der Waals surface area contributed by atoms with Crippen molar-refractivity contribution in [2.45, 2.75) is 6.18 Å². The Labute approximate surface area is 95.7 Å². The minimum atomic E-state index is -4.74. The third kappa shape index (κ3) is 3.74. The monoisotopic (exact) mass is 249 g/mol. The van der Waals surface area contributed by atoms with Crippen LogP contribution < -0.4 is 10.5 Å². The van der Waals surface area contributed by atoms with Crippen LogP contribution in [0.1, 0.15) is 5.56 Å². The first-order valence-electron chi connectivity index (χ1n) is 4.71. The minimum absolute atomic E-state index is 0.000566. The molecule has 0 bridgehead atoms. The predicted molar refractivity (Wildman–Crippen MR) is 55.1 cm³/mol. The van der Waals surface area contributed by atoms with E-state index < -0.39 is 17.6 Å². The molecule has 0 aliphatic carbocycles. The first kappa shape index (κ1) is 13.5. The quantitative estimate of drug-likeness (QED) is 0.657. The first-order chi connectivity index (χ1) is 7.84. The van der Waals surface area contributed by atoms with Gasteiger partial charge >= 0.3 is 6.18 Å². The fourth-order valence-electron chi connectivity index (χ4n) is 1.06. The molecule has 0 saturated heterocycles. The smallest absolute Gasteiger partial charge is 0.419 e. The zero-order chi connectivity index (χ0) is 13.1. The number of alkyl halides is 3. The highest BCUT2D eigenvalue weighted by molar-refractivity contribution is 5.32. The van der Waals surface area contributed by atoms with Crippen LogP contribution in [-0.2, 0) is 6.18 Å². The Morgan fingerprint density at radius 1 is 1.35 bits per heavy atom. The second-order valence-electron chi connectivity index (χ2n) is 3.38. The van der Waals surface area contributed by atoms with Crippen molar-refractivity contribution in [3.05, 3.63) is 41.7 Å². The Kier molecular flexibility index (Phi) is 4.11. The maximum absolute atomic E-state index is 12.9. The molecule has 17 heavy (non-hydrogen) atoms. The van der Waals surface area contributed by atoms with Crippen molar-refractivity contribution in [3.8, 4) is 5.75 Å². The Hall–Kier alpha value is -1.56. The molecular formula is C11H11F4NO. The second-order valence-corrected chi connectivity index (χ2v) is 3.38. The van der Waals surface area contributed by atoms with Crippen LogP contribution in [0.25, 0.3) is 0 Å². The second kappa shape index (κ2) is 5.18. The zero-order valence-corrected chi connectivity index (χ0v) is 8.85. The standard InChI is InChI=1S/C11H11F4NO/c1-7(5-16)6-17-8-2-3-10(12)9(4-8)11(13,14)15/h2-4H,1,5-6,16H2. The van der Waals surface area contributed by atoms with Crippen molar-refractivity contribution in [3.63, 3.8) is 0 Å². The highest BCUT2D eigenvalue weighted by atomic mass is 19.4. The van der Waals surface area contributed by atoms with Gasteiger partial charge in [-0.1, -0.05) is 6.58 Å². The lowest BCUT2D eigenvalue weighted by Crippen LogP contribution is -2.11. The fraction of sp³-hybridized carbons (Fsp3) is 0.273. The molecule has 0 aliphatic rings. The van der Waals surface area contributed by atoms with Crippen LogP contribution in [0.2, 0.25) is 0 Å². The maximum atomic E-state index is 12.9. The molecule has 0 aliphatic heterocycles. The van der Waals surface area contributed by atoms with Crippen LogP contribution in [-0.4, -0.2) is 13.2 Å². The Morgan fingerprint density at radius 3 is 2.53 bits per heavy atom. The van der Waals surface area contributed by atoms with Crippen LogP contribution in [0, 0.1) is 5.82 Å². The van der Waals surface area contributed by atoms with Crippen molar-refractivity contribution in [2.75, 3.05) is 13.2 Å². The van der Waals surface area contributed by atoms with Gasteiger partial charge in [-0.3, -0.25) is 0 Å². The van der Waals surface area contributed by atoms with Crippen molar-refractivity contribution < 1.29 is 22.3 Å². The zero-order valence-electron chi connectivity index (χ0n) is 8.85. The number of rotatable bonds is 4. The molecule has 2 nitrogen and oxygen atoms in total. The topological polar surface area (TPSA) is 35.2 Å². The normalized spacial score (nSPS) is 11.4. The molecule has 0 fully saturated rings. The van der Waals surface area contributed by atoms with Crippen LogP contribution in [0.3, 0.4) is 0 Å². The molecule has 1 aromatic rings. The third-order valence-electron chi connectivity index (χ3n) is 1.97. The van der Waals surface area contributed by atoms with Gasteiger partial charge in [0.15, 0.2) is 0 Å². The van der Waals surface area contributed by atoms with Gasteiger partial charge in [0.2, 0.25) is 0 Å². The van der Waals surface area contributed by atoms with Gasteiger partial charge in [-0.15, -0.1) is 0 Å². The van der Waals surface area contributed by atoms with E-state index in [2.05, 4.69) is 6.58 Å². The lowest BCUT2D eigenvalue weighted by atomic mass is 10.2.